The summed E-state index contributed by atoms with van der Waals surface area (Å²) in [6, 6.07) is -0.497. The summed E-state index contributed by atoms with van der Waals surface area (Å²) in [5, 5.41) is 16.9. The van der Waals surface area contributed by atoms with E-state index in [1.165, 1.54) is 9.80 Å². The fraction of sp³-hybridized carbons (Fsp3) is 0.476. The molecule has 8 nitrogen and oxygen atoms in total. The third-order valence-electron chi connectivity index (χ3n) is 6.16. The normalized spacial score (nSPS) is 19.1. The van der Waals surface area contributed by atoms with Crippen molar-refractivity contribution in [2.75, 3.05) is 25.5 Å². The Kier molecular flexibility index (Phi) is 6.04. The highest BCUT2D eigenvalue weighted by Gasteiger charge is 2.36. The lowest BCUT2D eigenvalue weighted by Gasteiger charge is -2.28. The van der Waals surface area contributed by atoms with Gasteiger partial charge in [-0.3, -0.25) is 9.48 Å². The zero-order valence-electron chi connectivity index (χ0n) is 18.0. The molecule has 33 heavy (non-hydrogen) atoms. The van der Waals surface area contributed by atoms with Crippen LogP contribution in [0.2, 0.25) is 0 Å². The van der Waals surface area contributed by atoms with E-state index in [2.05, 4.69) is 10.4 Å². The first-order valence-corrected chi connectivity index (χ1v) is 10.5. The minimum Gasteiger partial charge on any atom is -0.393 e. The van der Waals surface area contributed by atoms with Gasteiger partial charge in [0.05, 0.1) is 24.0 Å². The summed E-state index contributed by atoms with van der Waals surface area (Å²) in [5.74, 6) is -7.85. The van der Waals surface area contributed by atoms with E-state index >= 15 is 0 Å². The van der Waals surface area contributed by atoms with Crippen LogP contribution >= 0.6 is 0 Å². The fourth-order valence-corrected chi connectivity index (χ4v) is 4.30. The van der Waals surface area contributed by atoms with Crippen molar-refractivity contribution in [1.29, 1.82) is 0 Å². The maximum Gasteiger partial charge on any atom is 0.322 e. The van der Waals surface area contributed by atoms with Gasteiger partial charge in [-0.15, -0.1) is 0 Å². The van der Waals surface area contributed by atoms with Crippen LogP contribution in [0.15, 0.2) is 6.07 Å². The van der Waals surface area contributed by atoms with E-state index in [4.69, 9.17) is 0 Å². The minimum absolute atomic E-state index is 0.0368. The second kappa shape index (κ2) is 8.65. The summed E-state index contributed by atoms with van der Waals surface area (Å²) in [7, 11) is 1.63. The van der Waals surface area contributed by atoms with Gasteiger partial charge in [-0.2, -0.15) is 5.10 Å². The zero-order valence-corrected chi connectivity index (χ0v) is 18.0. The van der Waals surface area contributed by atoms with Crippen LogP contribution in [0.4, 0.5) is 28.0 Å². The summed E-state index contributed by atoms with van der Waals surface area (Å²) in [6.07, 6.45) is 0.217. The first kappa shape index (κ1) is 23.0. The molecule has 2 N–H and O–H groups in total. The molecule has 178 valence electrons. The predicted octanol–water partition coefficient (Wildman–Crippen LogP) is 2.50. The van der Waals surface area contributed by atoms with Gasteiger partial charge in [-0.1, -0.05) is 6.92 Å². The van der Waals surface area contributed by atoms with E-state index in [-0.39, 0.29) is 24.9 Å². The molecule has 3 heterocycles. The quantitative estimate of drug-likeness (QED) is 0.411. The van der Waals surface area contributed by atoms with Crippen molar-refractivity contribution in [3.05, 3.63) is 46.3 Å². The third-order valence-corrected chi connectivity index (χ3v) is 6.16. The highest BCUT2D eigenvalue weighted by Crippen LogP contribution is 2.29. The maximum absolute atomic E-state index is 14.0. The summed E-state index contributed by atoms with van der Waals surface area (Å²) in [4.78, 5) is 28.5. The molecule has 2 unspecified atom stereocenters. The van der Waals surface area contributed by atoms with Gasteiger partial charge in [0.25, 0.3) is 5.91 Å². The number of nitrogens with one attached hydrogen (secondary N) is 1. The average Bonchev–Trinajstić information content (AvgIpc) is 3.10. The number of carbonyl (C=O) groups is 2. The Bertz CT molecular complexity index is 1120. The molecule has 2 aromatic rings. The highest BCUT2D eigenvalue weighted by atomic mass is 19.2. The largest absolute Gasteiger partial charge is 0.393 e. The van der Waals surface area contributed by atoms with E-state index in [0.29, 0.717) is 48.9 Å². The maximum atomic E-state index is 14.0. The van der Waals surface area contributed by atoms with E-state index in [9.17, 15) is 32.3 Å². The van der Waals surface area contributed by atoms with Crippen molar-refractivity contribution in [2.24, 2.45) is 5.92 Å². The predicted molar refractivity (Wildman–Crippen MR) is 108 cm³/mol. The van der Waals surface area contributed by atoms with E-state index in [1.54, 1.807) is 11.7 Å². The Labute approximate surface area is 186 Å². The molecule has 0 saturated carbocycles. The Morgan fingerprint density at radius 3 is 2.67 bits per heavy atom. The van der Waals surface area contributed by atoms with Crippen LogP contribution in [0, 0.1) is 29.2 Å². The SMILES string of the molecule is CCC(O)C1CN(C)C(=O)c2c3c(nn2C1)CCN(C(=O)Nc1cc(F)c(F)c(F)c1F)C3. The fourth-order valence-electron chi connectivity index (χ4n) is 4.30. The second-order valence-electron chi connectivity index (χ2n) is 8.33. The van der Waals surface area contributed by atoms with Crippen LogP contribution in [0.1, 0.15) is 35.1 Å². The van der Waals surface area contributed by atoms with Crippen molar-refractivity contribution in [3.63, 3.8) is 0 Å². The number of hydrogen-bond donors (Lipinski definition) is 2. The van der Waals surface area contributed by atoms with Crippen LogP contribution < -0.4 is 5.32 Å². The molecule has 3 amide bonds. The van der Waals surface area contributed by atoms with Gasteiger partial charge in [0, 0.05) is 50.7 Å². The number of aromatic nitrogens is 2. The van der Waals surface area contributed by atoms with E-state index in [0.717, 1.165) is 0 Å². The van der Waals surface area contributed by atoms with Crippen molar-refractivity contribution < 1.29 is 32.3 Å². The minimum atomic E-state index is -2.02. The Morgan fingerprint density at radius 1 is 1.24 bits per heavy atom. The second-order valence-corrected chi connectivity index (χ2v) is 8.33. The number of carbonyl (C=O) groups excluding carboxylic acids is 2. The monoisotopic (exact) mass is 469 g/mol. The van der Waals surface area contributed by atoms with Gasteiger partial charge >= 0.3 is 6.03 Å². The van der Waals surface area contributed by atoms with Crippen LogP contribution in [0.25, 0.3) is 0 Å². The molecule has 4 rings (SSSR count). The molecule has 1 aromatic heterocycles. The molecule has 0 saturated heterocycles. The molecule has 0 radical (unpaired) electrons. The molecule has 0 fully saturated rings. The number of aliphatic hydroxyl groups excluding tert-OH is 1. The first-order chi connectivity index (χ1) is 15.6. The van der Waals surface area contributed by atoms with E-state index in [1.807, 2.05) is 6.92 Å². The summed E-state index contributed by atoms with van der Waals surface area (Å²) in [6.45, 7) is 2.65. The van der Waals surface area contributed by atoms with Crippen molar-refractivity contribution in [1.82, 2.24) is 19.6 Å². The van der Waals surface area contributed by atoms with Crippen molar-refractivity contribution in [3.8, 4) is 0 Å². The van der Waals surface area contributed by atoms with Gasteiger partial charge < -0.3 is 20.2 Å². The van der Waals surface area contributed by atoms with Crippen LogP contribution in [-0.2, 0) is 19.5 Å². The van der Waals surface area contributed by atoms with Gasteiger partial charge in [0.15, 0.2) is 23.3 Å². The lowest BCUT2D eigenvalue weighted by Crippen LogP contribution is -2.40. The number of amides is 3. The molecule has 2 atom stereocenters. The molecule has 12 heteroatoms. The van der Waals surface area contributed by atoms with Crippen molar-refractivity contribution in [2.45, 2.75) is 39.0 Å². The van der Waals surface area contributed by atoms with Crippen LogP contribution in [-0.4, -0.2) is 62.9 Å². The third kappa shape index (κ3) is 4.03. The Hall–Kier alpha value is -3.15. The number of halogens is 4. The zero-order chi connectivity index (χ0) is 24.0. The Balaban J connectivity index is 1.59. The average molecular weight is 469 g/mol. The summed E-state index contributed by atoms with van der Waals surface area (Å²) >= 11 is 0. The molecule has 0 aliphatic carbocycles. The van der Waals surface area contributed by atoms with Gasteiger partial charge in [0.2, 0.25) is 0 Å². The number of benzene rings is 1. The number of anilines is 1. The van der Waals surface area contributed by atoms with E-state index < -0.39 is 41.1 Å². The smallest absolute Gasteiger partial charge is 0.322 e. The molecular formula is C21H23F4N5O3. The lowest BCUT2D eigenvalue weighted by molar-refractivity contribution is 0.0626. The summed E-state index contributed by atoms with van der Waals surface area (Å²) < 4.78 is 55.7. The number of rotatable bonds is 3. The van der Waals surface area contributed by atoms with Crippen LogP contribution in [0.3, 0.4) is 0 Å². The molecular weight excluding hydrogens is 446 g/mol. The number of fused-ring (bicyclic) bond motifs is 3. The van der Waals surface area contributed by atoms with Crippen molar-refractivity contribution >= 4 is 17.6 Å². The first-order valence-electron chi connectivity index (χ1n) is 10.5. The topological polar surface area (TPSA) is 90.7 Å². The number of hydrogen-bond acceptors (Lipinski definition) is 4. The van der Waals surface area contributed by atoms with Gasteiger partial charge in [-0.05, 0) is 6.42 Å². The number of nitrogens with zero attached hydrogens (tertiary/aromatic N) is 4. The van der Waals surface area contributed by atoms with Gasteiger partial charge in [0.1, 0.15) is 5.69 Å². The molecule has 2 aliphatic heterocycles. The molecule has 1 aromatic carbocycles. The standard InChI is InChI=1S/C21H23F4N5O3/c1-3-15(31)10-7-28(2)20(32)19-11-9-29(5-4-13(11)27-30(19)8-10)21(33)26-14-6-12(22)16(23)18(25)17(14)24/h6,10,15,31H,3-5,7-9H2,1-2H3,(H,26,33). The highest BCUT2D eigenvalue weighted by molar-refractivity contribution is 5.95. The molecule has 0 bridgehead atoms. The Morgan fingerprint density at radius 2 is 1.97 bits per heavy atom. The number of aliphatic hydroxyl groups is 1. The van der Waals surface area contributed by atoms with Gasteiger partial charge in [-0.25, -0.2) is 22.4 Å². The molecule has 2 aliphatic rings. The molecule has 0 spiro atoms. The summed E-state index contributed by atoms with van der Waals surface area (Å²) in [5.41, 5.74) is 0.633. The number of urea groups is 1. The lowest BCUT2D eigenvalue weighted by atomic mass is 10.0. The van der Waals surface area contributed by atoms with Crippen LogP contribution in [0.5, 0.6) is 0 Å².